The van der Waals surface area contributed by atoms with E-state index in [4.69, 9.17) is 4.74 Å². The van der Waals surface area contributed by atoms with Gasteiger partial charge in [0.05, 0.1) is 7.11 Å². The summed E-state index contributed by atoms with van der Waals surface area (Å²) >= 11 is 0. The smallest absolute Gasteiger partial charge is 0.165 e. The van der Waals surface area contributed by atoms with E-state index in [0.29, 0.717) is 5.92 Å². The van der Waals surface area contributed by atoms with E-state index in [1.165, 1.54) is 18.7 Å². The van der Waals surface area contributed by atoms with Gasteiger partial charge in [-0.1, -0.05) is 37.3 Å². The van der Waals surface area contributed by atoms with Crippen LogP contribution in [0.25, 0.3) is 0 Å². The first-order valence-corrected chi connectivity index (χ1v) is 6.83. The van der Waals surface area contributed by atoms with Gasteiger partial charge in [-0.3, -0.25) is 0 Å². The molecule has 0 fully saturated rings. The quantitative estimate of drug-likeness (QED) is 0.840. The summed E-state index contributed by atoms with van der Waals surface area (Å²) in [5.41, 5.74) is 2.22. The number of rotatable bonds is 6. The Morgan fingerprint density at radius 2 is 1.90 bits per heavy atom. The second kappa shape index (κ2) is 6.94. The van der Waals surface area contributed by atoms with Crippen LogP contribution in [0, 0.1) is 5.82 Å². The zero-order valence-electron chi connectivity index (χ0n) is 11.9. The third-order valence-electron chi connectivity index (χ3n) is 3.43. The molecule has 1 unspecified atom stereocenters. The predicted octanol–water partition coefficient (Wildman–Crippen LogP) is 4.44. The molecule has 106 valence electrons. The van der Waals surface area contributed by atoms with Crippen molar-refractivity contribution in [3.05, 3.63) is 59.9 Å². The Hall–Kier alpha value is -2.03. The minimum absolute atomic E-state index is 0.270. The first-order chi connectivity index (χ1) is 9.70. The van der Waals surface area contributed by atoms with Gasteiger partial charge >= 0.3 is 0 Å². The molecule has 20 heavy (non-hydrogen) atoms. The normalized spacial score (nSPS) is 11.9. The molecule has 2 rings (SSSR count). The summed E-state index contributed by atoms with van der Waals surface area (Å²) in [5, 5.41) is 3.30. The molecule has 2 nitrogen and oxygen atoms in total. The number of hydrogen-bond donors (Lipinski definition) is 1. The van der Waals surface area contributed by atoms with Crippen LogP contribution < -0.4 is 10.1 Å². The molecule has 0 spiro atoms. The number of halogens is 1. The highest BCUT2D eigenvalue weighted by Crippen LogP contribution is 2.22. The average Bonchev–Trinajstić information content (AvgIpc) is 2.49. The van der Waals surface area contributed by atoms with E-state index in [1.807, 2.05) is 6.07 Å². The van der Waals surface area contributed by atoms with E-state index < -0.39 is 0 Å². The summed E-state index contributed by atoms with van der Waals surface area (Å²) in [6.07, 6.45) is 1.02. The third-order valence-corrected chi connectivity index (χ3v) is 3.43. The van der Waals surface area contributed by atoms with Crippen molar-refractivity contribution in [2.45, 2.75) is 19.3 Å². The lowest BCUT2D eigenvalue weighted by Gasteiger charge is -2.13. The van der Waals surface area contributed by atoms with Crippen molar-refractivity contribution in [1.82, 2.24) is 0 Å². The minimum Gasteiger partial charge on any atom is -0.494 e. The van der Waals surface area contributed by atoms with Crippen molar-refractivity contribution in [1.29, 1.82) is 0 Å². The summed E-state index contributed by atoms with van der Waals surface area (Å²) < 4.78 is 18.3. The third kappa shape index (κ3) is 3.73. The van der Waals surface area contributed by atoms with Crippen molar-refractivity contribution >= 4 is 5.69 Å². The standard InChI is InChI=1S/C17H20FNO/c1-13(14-6-4-3-5-7-14)10-11-19-15-8-9-16(18)17(12-15)20-2/h3-9,12-13,19H,10-11H2,1-2H3. The van der Waals surface area contributed by atoms with Crippen molar-refractivity contribution in [3.63, 3.8) is 0 Å². The van der Waals surface area contributed by atoms with Crippen LogP contribution in [0.2, 0.25) is 0 Å². The second-order valence-corrected chi connectivity index (χ2v) is 4.88. The molecular weight excluding hydrogens is 253 g/mol. The van der Waals surface area contributed by atoms with E-state index in [2.05, 4.69) is 36.5 Å². The van der Waals surface area contributed by atoms with Crippen LogP contribution in [0.15, 0.2) is 48.5 Å². The largest absolute Gasteiger partial charge is 0.494 e. The highest BCUT2D eigenvalue weighted by molar-refractivity contribution is 5.48. The Morgan fingerprint density at radius 3 is 2.60 bits per heavy atom. The van der Waals surface area contributed by atoms with Gasteiger partial charge in [0.1, 0.15) is 0 Å². The SMILES string of the molecule is COc1cc(NCCC(C)c2ccccc2)ccc1F. The molecule has 0 aliphatic heterocycles. The van der Waals surface area contributed by atoms with E-state index in [1.54, 1.807) is 12.1 Å². The Morgan fingerprint density at radius 1 is 1.15 bits per heavy atom. The molecule has 0 bridgehead atoms. The molecule has 0 heterocycles. The molecule has 0 aromatic heterocycles. The van der Waals surface area contributed by atoms with Gasteiger partial charge in [0.2, 0.25) is 0 Å². The fraction of sp³-hybridized carbons (Fsp3) is 0.294. The van der Waals surface area contributed by atoms with Crippen LogP contribution >= 0.6 is 0 Å². The summed E-state index contributed by atoms with van der Waals surface area (Å²) in [6, 6.07) is 15.3. The van der Waals surface area contributed by atoms with Crippen molar-refractivity contribution in [3.8, 4) is 5.75 Å². The molecule has 3 heteroatoms. The van der Waals surface area contributed by atoms with E-state index in [9.17, 15) is 4.39 Å². The lowest BCUT2D eigenvalue weighted by molar-refractivity contribution is 0.387. The van der Waals surface area contributed by atoms with E-state index >= 15 is 0 Å². The maximum atomic E-state index is 13.3. The zero-order chi connectivity index (χ0) is 14.4. The Balaban J connectivity index is 1.87. The van der Waals surface area contributed by atoms with Gasteiger partial charge < -0.3 is 10.1 Å². The van der Waals surface area contributed by atoms with Crippen molar-refractivity contribution < 1.29 is 9.13 Å². The number of ether oxygens (including phenoxy) is 1. The highest BCUT2D eigenvalue weighted by Gasteiger charge is 2.06. The molecule has 1 N–H and O–H groups in total. The number of hydrogen-bond acceptors (Lipinski definition) is 2. The molecule has 0 radical (unpaired) electrons. The Labute approximate surface area is 119 Å². The van der Waals surface area contributed by atoms with Gasteiger partial charge in [0.25, 0.3) is 0 Å². The summed E-state index contributed by atoms with van der Waals surface area (Å²) in [5.74, 6) is 0.424. The Bertz CT molecular complexity index is 542. The topological polar surface area (TPSA) is 21.3 Å². The zero-order valence-corrected chi connectivity index (χ0v) is 11.9. The van der Waals surface area contributed by atoms with Crippen LogP contribution in [0.1, 0.15) is 24.8 Å². The van der Waals surface area contributed by atoms with Gasteiger partial charge in [-0.05, 0) is 30.0 Å². The first-order valence-electron chi connectivity index (χ1n) is 6.83. The summed E-state index contributed by atoms with van der Waals surface area (Å²) in [6.45, 7) is 3.05. The second-order valence-electron chi connectivity index (χ2n) is 4.88. The van der Waals surface area contributed by atoms with Crippen LogP contribution in [-0.2, 0) is 0 Å². The maximum Gasteiger partial charge on any atom is 0.165 e. The molecule has 0 saturated heterocycles. The molecule has 1 atom stereocenters. The van der Waals surface area contributed by atoms with Crippen LogP contribution in [-0.4, -0.2) is 13.7 Å². The van der Waals surface area contributed by atoms with E-state index in [-0.39, 0.29) is 11.6 Å². The predicted molar refractivity (Wildman–Crippen MR) is 80.9 cm³/mol. The number of benzene rings is 2. The molecular formula is C17H20FNO. The summed E-state index contributed by atoms with van der Waals surface area (Å²) in [7, 11) is 1.47. The Kier molecular flexibility index (Phi) is 4.99. The lowest BCUT2D eigenvalue weighted by Crippen LogP contribution is -2.06. The average molecular weight is 273 g/mol. The van der Waals surface area contributed by atoms with Gasteiger partial charge in [0, 0.05) is 18.3 Å². The van der Waals surface area contributed by atoms with Crippen molar-refractivity contribution in [2.24, 2.45) is 0 Å². The molecule has 0 saturated carbocycles. The van der Waals surface area contributed by atoms with Crippen molar-refractivity contribution in [2.75, 3.05) is 19.0 Å². The van der Waals surface area contributed by atoms with E-state index in [0.717, 1.165) is 18.7 Å². The lowest BCUT2D eigenvalue weighted by atomic mass is 9.98. The van der Waals surface area contributed by atoms with Gasteiger partial charge in [-0.25, -0.2) is 4.39 Å². The van der Waals surface area contributed by atoms with Gasteiger partial charge in [-0.2, -0.15) is 0 Å². The fourth-order valence-electron chi connectivity index (χ4n) is 2.15. The first kappa shape index (κ1) is 14.4. The molecule has 0 aliphatic rings. The number of nitrogens with one attached hydrogen (secondary N) is 1. The number of methoxy groups -OCH3 is 1. The fourth-order valence-corrected chi connectivity index (χ4v) is 2.15. The van der Waals surface area contributed by atoms with Crippen LogP contribution in [0.4, 0.5) is 10.1 Å². The van der Waals surface area contributed by atoms with Gasteiger partial charge in [0.15, 0.2) is 11.6 Å². The monoisotopic (exact) mass is 273 g/mol. The molecule has 0 aliphatic carbocycles. The maximum absolute atomic E-state index is 13.3. The van der Waals surface area contributed by atoms with Crippen LogP contribution in [0.3, 0.4) is 0 Å². The molecule has 0 amide bonds. The molecule has 2 aromatic rings. The van der Waals surface area contributed by atoms with Crippen LogP contribution in [0.5, 0.6) is 5.75 Å². The highest BCUT2D eigenvalue weighted by atomic mass is 19.1. The minimum atomic E-state index is -0.337. The summed E-state index contributed by atoms with van der Waals surface area (Å²) in [4.78, 5) is 0. The molecule has 2 aromatic carbocycles. The number of anilines is 1. The van der Waals surface area contributed by atoms with Gasteiger partial charge in [-0.15, -0.1) is 0 Å².